The van der Waals surface area contributed by atoms with E-state index in [0.29, 0.717) is 35.1 Å². The van der Waals surface area contributed by atoms with Crippen molar-refractivity contribution < 1.29 is 9.90 Å². The molecule has 1 atom stereocenters. The van der Waals surface area contributed by atoms with Crippen molar-refractivity contribution in [2.24, 2.45) is 10.9 Å². The van der Waals surface area contributed by atoms with E-state index in [1.165, 1.54) is 0 Å². The van der Waals surface area contributed by atoms with Crippen molar-refractivity contribution >= 4 is 23.1 Å². The highest BCUT2D eigenvalue weighted by molar-refractivity contribution is 6.00. The van der Waals surface area contributed by atoms with Gasteiger partial charge in [-0.1, -0.05) is 26.0 Å². The van der Waals surface area contributed by atoms with Crippen LogP contribution in [0.4, 0.5) is 11.4 Å². The van der Waals surface area contributed by atoms with Crippen molar-refractivity contribution in [3.8, 4) is 5.75 Å². The number of carbonyl (C=O) groups excluding carboxylic acids is 1. The van der Waals surface area contributed by atoms with Gasteiger partial charge in [-0.2, -0.15) is 4.99 Å². The number of carbonyl (C=O) groups is 1. The molecule has 2 N–H and O–H groups in total. The van der Waals surface area contributed by atoms with E-state index in [-0.39, 0.29) is 11.7 Å². The highest BCUT2D eigenvalue weighted by Crippen LogP contribution is 2.40. The average molecular weight is 437 g/mol. The van der Waals surface area contributed by atoms with E-state index in [1.54, 1.807) is 6.07 Å². The lowest BCUT2D eigenvalue weighted by atomic mass is 10.0. The summed E-state index contributed by atoms with van der Waals surface area (Å²) in [4.78, 5) is 23.9. The van der Waals surface area contributed by atoms with Crippen LogP contribution in [-0.4, -0.2) is 59.5 Å². The number of para-hydroxylation sites is 2. The number of likely N-dealkylation sites (tertiary alicyclic amines) is 1. The molecule has 0 aliphatic carbocycles. The zero-order chi connectivity index (χ0) is 22.9. The quantitative estimate of drug-likeness (QED) is 0.678. The Hall–Kier alpha value is -2.77. The number of Topliss-reactive ketones (excluding diaryl/α,β-unsaturated/α-hetero) is 1. The number of piperidine rings is 1. The van der Waals surface area contributed by atoms with Crippen LogP contribution in [0.3, 0.4) is 0 Å². The fourth-order valence-corrected chi connectivity index (χ4v) is 4.49. The second-order valence-electron chi connectivity index (χ2n) is 9.51. The highest BCUT2D eigenvalue weighted by Gasteiger charge is 2.42. The van der Waals surface area contributed by atoms with Gasteiger partial charge in [0.2, 0.25) is 0 Å². The number of fused-ring (bicyclic) bond motifs is 1. The molecule has 4 rings (SSSR count). The lowest BCUT2D eigenvalue weighted by Crippen LogP contribution is -2.58. The zero-order valence-electron chi connectivity index (χ0n) is 19.5. The van der Waals surface area contributed by atoms with Crippen LogP contribution in [0.1, 0.15) is 38.1 Å². The molecule has 1 aromatic carbocycles. The first-order valence-corrected chi connectivity index (χ1v) is 11.5. The molecule has 1 aromatic heterocycles. The monoisotopic (exact) mass is 436 g/mol. The predicted molar refractivity (Wildman–Crippen MR) is 128 cm³/mol. The van der Waals surface area contributed by atoms with Crippen LogP contribution >= 0.6 is 0 Å². The molecule has 2 aliphatic rings. The number of nitrogens with zero attached hydrogens (tertiary/aromatic N) is 4. The molecular weight excluding hydrogens is 402 g/mol. The molecule has 170 valence electrons. The van der Waals surface area contributed by atoms with E-state index in [0.717, 1.165) is 49.0 Å². The van der Waals surface area contributed by atoms with Crippen LogP contribution in [0.5, 0.6) is 5.75 Å². The Balaban J connectivity index is 1.50. The number of guanidine groups is 1. The van der Waals surface area contributed by atoms with E-state index in [2.05, 4.69) is 28.3 Å². The number of aliphatic imine (C=N–C) groups is 1. The van der Waals surface area contributed by atoms with E-state index < -0.39 is 0 Å². The lowest BCUT2D eigenvalue weighted by Gasteiger charge is -2.36. The Labute approximate surface area is 190 Å². The number of pyridine rings is 1. The molecule has 3 heterocycles. The minimum Gasteiger partial charge on any atom is -0.506 e. The highest BCUT2D eigenvalue weighted by atomic mass is 16.3. The predicted octanol–water partition coefficient (Wildman–Crippen LogP) is 3.51. The fraction of sp³-hybridized carbons (Fsp3) is 0.480. The van der Waals surface area contributed by atoms with Crippen molar-refractivity contribution in [3.05, 3.63) is 47.8 Å². The number of nitrogens with one attached hydrogen (secondary N) is 1. The van der Waals surface area contributed by atoms with Gasteiger partial charge in [-0.15, -0.1) is 0 Å². The van der Waals surface area contributed by atoms with Gasteiger partial charge in [0.1, 0.15) is 29.5 Å². The smallest absolute Gasteiger partial charge is 0.308 e. The van der Waals surface area contributed by atoms with Crippen LogP contribution in [0, 0.1) is 12.8 Å². The van der Waals surface area contributed by atoms with Crippen LogP contribution in [0.15, 0.2) is 41.4 Å². The average Bonchev–Trinajstić information content (AvgIpc) is 3.03. The standard InChI is InChI=1S/C25H33N5O2/c1-17(2)24(32)15-29-13-11-19(12-14-29)27-25-28-20-7-5-6-8-22(20)30(25,4)16-21-23(31)10-9-18(3)26-21/h5-10,17,19H,11-16H2,1-4H3,(H-,27,28,31)/p+1. The topological polar surface area (TPSA) is 77.8 Å². The third-order valence-corrected chi connectivity index (χ3v) is 6.61. The maximum atomic E-state index is 12.1. The summed E-state index contributed by atoms with van der Waals surface area (Å²) in [5.74, 6) is 1.48. The third kappa shape index (κ3) is 4.54. The van der Waals surface area contributed by atoms with Crippen molar-refractivity contribution in [3.63, 3.8) is 0 Å². The number of rotatable bonds is 6. The van der Waals surface area contributed by atoms with Gasteiger partial charge in [0, 0.05) is 36.8 Å². The van der Waals surface area contributed by atoms with Crippen LogP contribution in [0.2, 0.25) is 0 Å². The van der Waals surface area contributed by atoms with Crippen molar-refractivity contribution in [2.45, 2.75) is 46.2 Å². The normalized spacial score (nSPS) is 21.5. The number of hydrogen-bond acceptors (Lipinski definition) is 6. The second-order valence-corrected chi connectivity index (χ2v) is 9.51. The van der Waals surface area contributed by atoms with Crippen molar-refractivity contribution in [2.75, 3.05) is 26.7 Å². The first-order valence-electron chi connectivity index (χ1n) is 11.5. The zero-order valence-corrected chi connectivity index (χ0v) is 19.5. The summed E-state index contributed by atoms with van der Waals surface area (Å²) in [6.07, 6.45) is 1.93. The molecule has 7 nitrogen and oxygen atoms in total. The summed E-state index contributed by atoms with van der Waals surface area (Å²) in [7, 11) is 2.12. The minimum absolute atomic E-state index is 0.0850. The van der Waals surface area contributed by atoms with Crippen LogP contribution < -0.4 is 9.80 Å². The Morgan fingerprint density at radius 1 is 1.22 bits per heavy atom. The molecule has 0 radical (unpaired) electrons. The molecule has 1 saturated heterocycles. The summed E-state index contributed by atoms with van der Waals surface area (Å²) in [5, 5.41) is 14.1. The summed E-state index contributed by atoms with van der Waals surface area (Å²) < 4.78 is 0.437. The second kappa shape index (κ2) is 9.00. The molecule has 7 heteroatoms. The van der Waals surface area contributed by atoms with Gasteiger partial charge in [0.05, 0.1) is 13.6 Å². The van der Waals surface area contributed by atoms with Crippen LogP contribution in [0.25, 0.3) is 0 Å². The van der Waals surface area contributed by atoms with Gasteiger partial charge in [-0.25, -0.2) is 9.47 Å². The number of quaternary nitrogens is 1. The number of aryl methyl sites for hydroxylation is 1. The van der Waals surface area contributed by atoms with E-state index in [1.807, 2.05) is 45.0 Å². The van der Waals surface area contributed by atoms with Crippen LogP contribution in [-0.2, 0) is 11.3 Å². The number of hydrogen-bond donors (Lipinski definition) is 2. The van der Waals surface area contributed by atoms with E-state index in [4.69, 9.17) is 4.99 Å². The molecule has 32 heavy (non-hydrogen) atoms. The Kier molecular flexibility index (Phi) is 6.31. The summed E-state index contributed by atoms with van der Waals surface area (Å²) >= 11 is 0. The van der Waals surface area contributed by atoms with Gasteiger partial charge >= 0.3 is 5.96 Å². The summed E-state index contributed by atoms with van der Waals surface area (Å²) in [6, 6.07) is 12.0. The SMILES string of the molecule is Cc1ccc(O)c(C[N+]2(C)C(NC3CCN(CC(=O)C(C)C)CC3)=Nc3ccccc32)n1. The molecule has 1 fully saturated rings. The Morgan fingerprint density at radius 2 is 1.94 bits per heavy atom. The first kappa shape index (κ1) is 22.4. The van der Waals surface area contributed by atoms with Gasteiger partial charge in [0.15, 0.2) is 5.69 Å². The number of ketones is 1. The van der Waals surface area contributed by atoms with Crippen molar-refractivity contribution in [1.82, 2.24) is 19.7 Å². The van der Waals surface area contributed by atoms with E-state index >= 15 is 0 Å². The maximum Gasteiger partial charge on any atom is 0.308 e. The molecule has 2 aliphatic heterocycles. The molecule has 0 bridgehead atoms. The Morgan fingerprint density at radius 3 is 2.66 bits per heavy atom. The van der Waals surface area contributed by atoms with Crippen molar-refractivity contribution in [1.29, 1.82) is 0 Å². The van der Waals surface area contributed by atoms with E-state index in [9.17, 15) is 9.90 Å². The molecular formula is C25H34N5O2+. The maximum absolute atomic E-state index is 12.1. The largest absolute Gasteiger partial charge is 0.506 e. The molecule has 1 unspecified atom stereocenters. The lowest BCUT2D eigenvalue weighted by molar-refractivity contribution is -0.123. The van der Waals surface area contributed by atoms with Gasteiger partial charge in [0.25, 0.3) is 0 Å². The Bertz CT molecular complexity index is 1030. The number of aromatic hydroxyl groups is 1. The first-order chi connectivity index (χ1) is 15.3. The van der Waals surface area contributed by atoms with Gasteiger partial charge < -0.3 is 10.4 Å². The summed E-state index contributed by atoms with van der Waals surface area (Å²) in [5.41, 5.74) is 3.59. The molecule has 0 saturated carbocycles. The molecule has 2 aromatic rings. The number of aromatic nitrogens is 1. The molecule has 0 spiro atoms. The van der Waals surface area contributed by atoms with Gasteiger partial charge in [-0.05, 0) is 38.0 Å². The minimum atomic E-state index is 0.0850. The number of benzene rings is 1. The molecule has 0 amide bonds. The summed E-state index contributed by atoms with van der Waals surface area (Å²) in [6.45, 7) is 8.73. The fourth-order valence-electron chi connectivity index (χ4n) is 4.49. The third-order valence-electron chi connectivity index (χ3n) is 6.61. The van der Waals surface area contributed by atoms with Gasteiger partial charge in [-0.3, -0.25) is 9.69 Å².